The van der Waals surface area contributed by atoms with Gasteiger partial charge in [-0.05, 0) is 46.4 Å². The van der Waals surface area contributed by atoms with Crippen molar-refractivity contribution in [2.24, 2.45) is 5.84 Å². The second kappa shape index (κ2) is 5.84. The Morgan fingerprint density at radius 1 is 1.48 bits per heavy atom. The molecule has 1 unspecified atom stereocenters. The molecule has 0 radical (unpaired) electrons. The van der Waals surface area contributed by atoms with E-state index in [-0.39, 0.29) is 11.9 Å². The van der Waals surface area contributed by atoms with Crippen molar-refractivity contribution in [2.75, 3.05) is 0 Å². The van der Waals surface area contributed by atoms with Crippen molar-refractivity contribution in [1.29, 1.82) is 0 Å². The normalized spacial score (nSPS) is 13.0. The van der Waals surface area contributed by atoms with Gasteiger partial charge in [0, 0.05) is 16.1 Å². The molecule has 2 heterocycles. The van der Waals surface area contributed by atoms with Crippen LogP contribution in [0.1, 0.15) is 23.5 Å². The second-order valence-electron chi connectivity index (χ2n) is 4.62. The maximum Gasteiger partial charge on any atom is 0.124 e. The number of hydrogen-bond acceptors (Lipinski definition) is 4. The number of hydrogen-bond donors (Lipinski definition) is 2. The quantitative estimate of drug-likeness (QED) is 0.546. The van der Waals surface area contributed by atoms with Crippen LogP contribution in [0.25, 0.3) is 10.1 Å². The molecule has 0 fully saturated rings. The van der Waals surface area contributed by atoms with Crippen LogP contribution < -0.4 is 11.3 Å². The van der Waals surface area contributed by atoms with Crippen LogP contribution in [-0.2, 0) is 6.54 Å². The van der Waals surface area contributed by atoms with E-state index < -0.39 is 0 Å². The van der Waals surface area contributed by atoms with Gasteiger partial charge in [0.2, 0.25) is 0 Å². The number of benzene rings is 1. The highest BCUT2D eigenvalue weighted by atomic mass is 79.9. The standard InChI is InChI=1S/C14H14BrFN4S/c1-2-20-14(10(15)7-18-20)13(19-17)12-5-8-3-4-9(16)6-11(8)21-12/h3-7,13,19H,2,17H2,1H3. The van der Waals surface area contributed by atoms with Gasteiger partial charge in [0.05, 0.1) is 22.4 Å². The van der Waals surface area contributed by atoms with Gasteiger partial charge in [-0.25, -0.2) is 9.82 Å². The van der Waals surface area contributed by atoms with Crippen molar-refractivity contribution in [3.8, 4) is 0 Å². The highest BCUT2D eigenvalue weighted by Crippen LogP contribution is 2.35. The third-order valence-corrected chi connectivity index (χ3v) is 5.13. The van der Waals surface area contributed by atoms with Gasteiger partial charge in [0.15, 0.2) is 0 Å². The Bertz CT molecular complexity index is 782. The minimum Gasteiger partial charge on any atom is -0.270 e. The number of halogens is 2. The molecule has 0 bridgehead atoms. The van der Waals surface area contributed by atoms with Gasteiger partial charge in [-0.15, -0.1) is 11.3 Å². The number of rotatable bonds is 4. The number of thiophene rings is 1. The van der Waals surface area contributed by atoms with Crippen molar-refractivity contribution in [1.82, 2.24) is 15.2 Å². The maximum atomic E-state index is 13.3. The number of hydrazine groups is 1. The fraction of sp³-hybridized carbons (Fsp3) is 0.214. The zero-order chi connectivity index (χ0) is 15.0. The summed E-state index contributed by atoms with van der Waals surface area (Å²) in [6, 6.07) is 6.63. The van der Waals surface area contributed by atoms with Crippen LogP contribution in [0.5, 0.6) is 0 Å². The summed E-state index contributed by atoms with van der Waals surface area (Å²) in [5.74, 6) is 5.53. The first kappa shape index (κ1) is 14.6. The van der Waals surface area contributed by atoms with Crippen LogP contribution in [0.15, 0.2) is 34.9 Å². The number of nitrogens with two attached hydrogens (primary N) is 1. The molecule has 0 aliphatic carbocycles. The average molecular weight is 369 g/mol. The summed E-state index contributed by atoms with van der Waals surface area (Å²) in [5.41, 5.74) is 3.80. The first-order valence-corrected chi connectivity index (χ1v) is 8.11. The van der Waals surface area contributed by atoms with E-state index in [4.69, 9.17) is 5.84 Å². The highest BCUT2D eigenvalue weighted by Gasteiger charge is 2.22. The topological polar surface area (TPSA) is 55.9 Å². The largest absolute Gasteiger partial charge is 0.270 e. The molecule has 0 aliphatic rings. The molecular weight excluding hydrogens is 355 g/mol. The minimum atomic E-state index is -0.229. The van der Waals surface area contributed by atoms with E-state index in [9.17, 15) is 4.39 Å². The molecule has 3 aromatic rings. The molecule has 4 nitrogen and oxygen atoms in total. The number of aromatic nitrogens is 2. The summed E-state index contributed by atoms with van der Waals surface area (Å²) < 4.78 is 17.0. The van der Waals surface area contributed by atoms with Gasteiger partial charge in [-0.3, -0.25) is 10.5 Å². The van der Waals surface area contributed by atoms with Crippen molar-refractivity contribution >= 4 is 37.4 Å². The van der Waals surface area contributed by atoms with Crippen LogP contribution in [0.3, 0.4) is 0 Å². The molecule has 1 atom stereocenters. The SMILES string of the molecule is CCn1ncc(Br)c1C(NN)c1cc2ccc(F)cc2s1. The predicted molar refractivity (Wildman–Crippen MR) is 86.6 cm³/mol. The number of nitrogens with one attached hydrogen (secondary N) is 1. The predicted octanol–water partition coefficient (Wildman–Crippen LogP) is 3.57. The Morgan fingerprint density at radius 3 is 3.00 bits per heavy atom. The number of aryl methyl sites for hydroxylation is 1. The van der Waals surface area contributed by atoms with E-state index in [1.165, 1.54) is 17.4 Å². The summed E-state index contributed by atoms with van der Waals surface area (Å²) in [7, 11) is 0. The van der Waals surface area contributed by atoms with Crippen molar-refractivity contribution < 1.29 is 4.39 Å². The zero-order valence-corrected chi connectivity index (χ0v) is 13.7. The Hall–Kier alpha value is -1.28. The lowest BCUT2D eigenvalue weighted by Gasteiger charge is -2.16. The Morgan fingerprint density at radius 2 is 2.29 bits per heavy atom. The summed E-state index contributed by atoms with van der Waals surface area (Å²) in [4.78, 5) is 1.02. The first-order chi connectivity index (χ1) is 10.1. The van der Waals surface area contributed by atoms with Crippen LogP contribution in [0.2, 0.25) is 0 Å². The van der Waals surface area contributed by atoms with Crippen molar-refractivity contribution in [2.45, 2.75) is 19.5 Å². The molecule has 110 valence electrons. The molecule has 1 aromatic carbocycles. The number of fused-ring (bicyclic) bond motifs is 1. The monoisotopic (exact) mass is 368 g/mol. The van der Waals surface area contributed by atoms with Crippen LogP contribution >= 0.6 is 27.3 Å². The Balaban J connectivity index is 2.11. The van der Waals surface area contributed by atoms with E-state index in [1.807, 2.05) is 17.7 Å². The zero-order valence-electron chi connectivity index (χ0n) is 11.3. The maximum absolute atomic E-state index is 13.3. The van der Waals surface area contributed by atoms with Gasteiger partial charge >= 0.3 is 0 Å². The van der Waals surface area contributed by atoms with Crippen LogP contribution in [0, 0.1) is 5.82 Å². The Kier molecular flexibility index (Phi) is 4.08. The molecular formula is C14H14BrFN4S. The third kappa shape index (κ3) is 2.62. The van der Waals surface area contributed by atoms with E-state index >= 15 is 0 Å². The molecule has 7 heteroatoms. The van der Waals surface area contributed by atoms with E-state index in [0.29, 0.717) is 0 Å². The molecule has 2 aromatic heterocycles. The summed E-state index contributed by atoms with van der Waals surface area (Å²) in [6.07, 6.45) is 1.76. The minimum absolute atomic E-state index is 0.192. The van der Waals surface area contributed by atoms with Crippen molar-refractivity contribution in [3.05, 3.63) is 51.3 Å². The van der Waals surface area contributed by atoms with Crippen LogP contribution in [0.4, 0.5) is 4.39 Å². The van der Waals surface area contributed by atoms with Gasteiger partial charge in [-0.1, -0.05) is 6.07 Å². The fourth-order valence-electron chi connectivity index (χ4n) is 2.37. The lowest BCUT2D eigenvalue weighted by atomic mass is 10.1. The molecule has 0 aliphatic heterocycles. The molecule has 0 spiro atoms. The van der Waals surface area contributed by atoms with Gasteiger partial charge < -0.3 is 0 Å². The lowest BCUT2D eigenvalue weighted by molar-refractivity contribution is 0.547. The summed E-state index contributed by atoms with van der Waals surface area (Å²) in [6.45, 7) is 2.77. The fourth-order valence-corrected chi connectivity index (χ4v) is 4.05. The third-order valence-electron chi connectivity index (χ3n) is 3.36. The van der Waals surface area contributed by atoms with Gasteiger partial charge in [-0.2, -0.15) is 5.10 Å². The molecule has 3 N–H and O–H groups in total. The molecule has 21 heavy (non-hydrogen) atoms. The molecule has 0 saturated carbocycles. The summed E-state index contributed by atoms with van der Waals surface area (Å²) in [5, 5.41) is 5.33. The lowest BCUT2D eigenvalue weighted by Crippen LogP contribution is -2.30. The van der Waals surface area contributed by atoms with Gasteiger partial charge in [0.1, 0.15) is 5.82 Å². The Labute approximate surface area is 133 Å². The molecule has 0 amide bonds. The molecule has 0 saturated heterocycles. The molecule has 3 rings (SSSR count). The summed E-state index contributed by atoms with van der Waals surface area (Å²) >= 11 is 5.04. The van der Waals surface area contributed by atoms with Gasteiger partial charge in [0.25, 0.3) is 0 Å². The average Bonchev–Trinajstić information content (AvgIpc) is 3.04. The van der Waals surface area contributed by atoms with Crippen molar-refractivity contribution in [3.63, 3.8) is 0 Å². The van der Waals surface area contributed by atoms with E-state index in [1.54, 1.807) is 18.3 Å². The van der Waals surface area contributed by atoms with E-state index in [0.717, 1.165) is 31.7 Å². The van der Waals surface area contributed by atoms with Crippen LogP contribution in [-0.4, -0.2) is 9.78 Å². The first-order valence-electron chi connectivity index (χ1n) is 6.50. The number of nitrogens with zero attached hydrogens (tertiary/aromatic N) is 2. The smallest absolute Gasteiger partial charge is 0.124 e. The highest BCUT2D eigenvalue weighted by molar-refractivity contribution is 9.10. The second-order valence-corrected chi connectivity index (χ2v) is 6.59. The van der Waals surface area contributed by atoms with E-state index in [2.05, 4.69) is 26.5 Å².